The number of hydrogen-bond acceptors (Lipinski definition) is 4. The zero-order valence-electron chi connectivity index (χ0n) is 12.3. The van der Waals surface area contributed by atoms with E-state index in [0.29, 0.717) is 31.8 Å². The highest BCUT2D eigenvalue weighted by atomic mass is 16.5. The van der Waals surface area contributed by atoms with Crippen molar-refractivity contribution < 1.29 is 14.3 Å². The normalized spacial score (nSPS) is 29.9. The van der Waals surface area contributed by atoms with E-state index in [0.717, 1.165) is 0 Å². The number of carbonyl (C=O) groups is 2. The van der Waals surface area contributed by atoms with Gasteiger partial charge in [-0.15, -0.1) is 0 Å². The predicted octanol–water partition coefficient (Wildman–Crippen LogP) is -0.143. The van der Waals surface area contributed by atoms with Gasteiger partial charge in [-0.1, -0.05) is 0 Å². The van der Waals surface area contributed by atoms with E-state index in [1.165, 1.54) is 0 Å². The first-order valence-electron chi connectivity index (χ1n) is 7.48. The summed E-state index contributed by atoms with van der Waals surface area (Å²) in [4.78, 5) is 42.9. The minimum atomic E-state index is -0.662. The van der Waals surface area contributed by atoms with Crippen LogP contribution in [0.15, 0.2) is 16.9 Å². The van der Waals surface area contributed by atoms with Gasteiger partial charge in [0, 0.05) is 25.2 Å². The van der Waals surface area contributed by atoms with Gasteiger partial charge in [-0.2, -0.15) is 0 Å². The van der Waals surface area contributed by atoms with Crippen LogP contribution >= 0.6 is 0 Å². The molecule has 2 atom stereocenters. The molecule has 1 aromatic heterocycles. The van der Waals surface area contributed by atoms with E-state index in [-0.39, 0.29) is 35.4 Å². The molecule has 116 valence electrons. The van der Waals surface area contributed by atoms with Crippen molar-refractivity contribution in [2.24, 2.45) is 0 Å². The quantitative estimate of drug-likeness (QED) is 0.782. The van der Waals surface area contributed by atoms with E-state index in [9.17, 15) is 14.4 Å². The molecule has 2 amide bonds. The minimum Gasteiger partial charge on any atom is -0.351 e. The summed E-state index contributed by atoms with van der Waals surface area (Å²) in [7, 11) is 0. The Bertz CT molecular complexity index is 728. The first-order valence-corrected chi connectivity index (χ1v) is 7.48. The molecule has 4 rings (SSSR count). The number of aromatic nitrogens is 1. The van der Waals surface area contributed by atoms with Gasteiger partial charge in [-0.05, 0) is 19.1 Å². The van der Waals surface area contributed by atoms with Crippen molar-refractivity contribution in [2.75, 3.05) is 19.7 Å². The second-order valence-electron chi connectivity index (χ2n) is 6.09. The van der Waals surface area contributed by atoms with Crippen LogP contribution in [0.5, 0.6) is 0 Å². The lowest BCUT2D eigenvalue weighted by atomic mass is 10.1. The van der Waals surface area contributed by atoms with E-state index < -0.39 is 5.72 Å². The van der Waals surface area contributed by atoms with E-state index in [4.69, 9.17) is 4.74 Å². The largest absolute Gasteiger partial charge is 0.351 e. The smallest absolute Gasteiger partial charge is 0.260 e. The maximum absolute atomic E-state index is 12.7. The highest BCUT2D eigenvalue weighted by Gasteiger charge is 2.62. The Hall–Kier alpha value is -2.15. The standard InChI is InChI=1S/C15H17N3O4/c1-9-2-3-10(13(20)16-9)14(21)17-5-4-15-11(17)8-12(19)18(15)6-7-22-15/h2-3,11H,4-8H2,1H3,(H,16,20)/t11-,15+/m1/s1. The number of nitrogens with one attached hydrogen (secondary N) is 1. The van der Waals surface area contributed by atoms with Crippen LogP contribution in [-0.4, -0.2) is 58.1 Å². The monoisotopic (exact) mass is 303 g/mol. The minimum absolute atomic E-state index is 0.0258. The summed E-state index contributed by atoms with van der Waals surface area (Å²) in [5.74, 6) is -0.300. The fourth-order valence-electron chi connectivity index (χ4n) is 3.93. The Kier molecular flexibility index (Phi) is 2.72. The number of hydrogen-bond donors (Lipinski definition) is 1. The summed E-state index contributed by atoms with van der Waals surface area (Å²) in [6.07, 6.45) is 0.883. The van der Waals surface area contributed by atoms with Crippen molar-refractivity contribution in [1.29, 1.82) is 0 Å². The highest BCUT2D eigenvalue weighted by Crippen LogP contribution is 2.45. The van der Waals surface area contributed by atoms with Crippen molar-refractivity contribution in [3.05, 3.63) is 33.7 Å². The second kappa shape index (κ2) is 4.42. The van der Waals surface area contributed by atoms with Gasteiger partial charge in [0.15, 0.2) is 5.72 Å². The van der Waals surface area contributed by atoms with Gasteiger partial charge in [-0.3, -0.25) is 14.4 Å². The number of aryl methyl sites for hydroxylation is 1. The SMILES string of the molecule is Cc1ccc(C(=O)N2CC[C@@]34OCCN3C(=O)C[C@@H]24)c(=O)[nH]1. The number of amides is 2. The average Bonchev–Trinajstić information content (AvgIpc) is 3.10. The van der Waals surface area contributed by atoms with Gasteiger partial charge >= 0.3 is 0 Å². The number of carbonyl (C=O) groups excluding carboxylic acids is 2. The molecule has 0 radical (unpaired) electrons. The summed E-state index contributed by atoms with van der Waals surface area (Å²) >= 11 is 0. The van der Waals surface area contributed by atoms with Crippen LogP contribution in [0.2, 0.25) is 0 Å². The molecule has 3 aliphatic heterocycles. The summed E-state index contributed by atoms with van der Waals surface area (Å²) < 4.78 is 5.85. The third-order valence-electron chi connectivity index (χ3n) is 4.95. The van der Waals surface area contributed by atoms with Crippen LogP contribution in [0.4, 0.5) is 0 Å². The Morgan fingerprint density at radius 3 is 2.95 bits per heavy atom. The fraction of sp³-hybridized carbons (Fsp3) is 0.533. The number of aromatic amines is 1. The lowest BCUT2D eigenvalue weighted by Crippen LogP contribution is -2.49. The van der Waals surface area contributed by atoms with E-state index in [1.807, 2.05) is 0 Å². The highest BCUT2D eigenvalue weighted by molar-refractivity contribution is 5.95. The van der Waals surface area contributed by atoms with Crippen LogP contribution in [0.1, 0.15) is 28.9 Å². The molecule has 0 saturated carbocycles. The Labute approximate surface area is 126 Å². The van der Waals surface area contributed by atoms with E-state index in [1.54, 1.807) is 28.9 Å². The first kappa shape index (κ1) is 13.5. The molecule has 7 nitrogen and oxygen atoms in total. The topological polar surface area (TPSA) is 82.7 Å². The van der Waals surface area contributed by atoms with Crippen molar-refractivity contribution in [1.82, 2.24) is 14.8 Å². The number of ether oxygens (including phenoxy) is 1. The van der Waals surface area contributed by atoms with E-state index in [2.05, 4.69) is 4.98 Å². The number of rotatable bonds is 1. The molecular formula is C15H17N3O4. The Morgan fingerprint density at radius 1 is 1.36 bits per heavy atom. The maximum atomic E-state index is 12.7. The number of nitrogens with zero attached hydrogens (tertiary/aromatic N) is 2. The van der Waals surface area contributed by atoms with Gasteiger partial charge in [0.1, 0.15) is 5.56 Å². The molecule has 0 bridgehead atoms. The zero-order chi connectivity index (χ0) is 15.5. The van der Waals surface area contributed by atoms with Crippen LogP contribution in [0.25, 0.3) is 0 Å². The average molecular weight is 303 g/mol. The molecule has 0 unspecified atom stereocenters. The summed E-state index contributed by atoms with van der Waals surface area (Å²) in [5, 5.41) is 0. The number of H-pyrrole nitrogens is 1. The van der Waals surface area contributed by atoms with Gasteiger partial charge < -0.3 is 19.5 Å². The summed E-state index contributed by atoms with van der Waals surface area (Å²) in [5.41, 5.74) is -0.226. The van der Waals surface area contributed by atoms with Crippen molar-refractivity contribution in [3.63, 3.8) is 0 Å². The second-order valence-corrected chi connectivity index (χ2v) is 6.09. The van der Waals surface area contributed by atoms with Gasteiger partial charge in [0.05, 0.1) is 19.1 Å². The molecule has 3 aliphatic rings. The number of pyridine rings is 1. The number of likely N-dealkylation sites (tertiary alicyclic amines) is 1. The van der Waals surface area contributed by atoms with Crippen molar-refractivity contribution in [3.8, 4) is 0 Å². The zero-order valence-corrected chi connectivity index (χ0v) is 12.3. The van der Waals surface area contributed by atoms with Gasteiger partial charge in [0.25, 0.3) is 11.5 Å². The molecule has 4 heterocycles. The lowest BCUT2D eigenvalue weighted by molar-refractivity contribution is -0.136. The molecule has 0 aliphatic carbocycles. The summed E-state index contributed by atoms with van der Waals surface area (Å²) in [6.45, 7) is 3.36. The van der Waals surface area contributed by atoms with Crippen LogP contribution in [0.3, 0.4) is 0 Å². The van der Waals surface area contributed by atoms with E-state index >= 15 is 0 Å². The molecule has 0 aromatic carbocycles. The van der Waals surface area contributed by atoms with Crippen LogP contribution < -0.4 is 5.56 Å². The third kappa shape index (κ3) is 1.62. The first-order chi connectivity index (χ1) is 10.5. The molecule has 1 N–H and O–H groups in total. The van der Waals surface area contributed by atoms with Crippen molar-refractivity contribution in [2.45, 2.75) is 31.5 Å². The molecular weight excluding hydrogens is 286 g/mol. The molecule has 1 spiro atoms. The maximum Gasteiger partial charge on any atom is 0.260 e. The third-order valence-corrected chi connectivity index (χ3v) is 4.95. The molecule has 3 saturated heterocycles. The van der Waals surface area contributed by atoms with Gasteiger partial charge in [0.2, 0.25) is 5.91 Å². The Morgan fingerprint density at radius 2 is 2.18 bits per heavy atom. The Balaban J connectivity index is 1.68. The lowest BCUT2D eigenvalue weighted by Gasteiger charge is -2.31. The van der Waals surface area contributed by atoms with Crippen LogP contribution in [-0.2, 0) is 9.53 Å². The molecule has 3 fully saturated rings. The predicted molar refractivity (Wildman–Crippen MR) is 76.3 cm³/mol. The molecule has 7 heteroatoms. The molecule has 22 heavy (non-hydrogen) atoms. The van der Waals surface area contributed by atoms with Crippen molar-refractivity contribution >= 4 is 11.8 Å². The molecule has 1 aromatic rings. The van der Waals surface area contributed by atoms with Gasteiger partial charge in [-0.25, -0.2) is 0 Å². The fourth-order valence-corrected chi connectivity index (χ4v) is 3.93. The van der Waals surface area contributed by atoms with Crippen LogP contribution in [0, 0.1) is 6.92 Å². The summed E-state index contributed by atoms with van der Waals surface area (Å²) in [6, 6.07) is 2.96.